The summed E-state index contributed by atoms with van der Waals surface area (Å²) in [5.41, 5.74) is 17.2. The Morgan fingerprint density at radius 3 is 1.23 bits per heavy atom. The Kier molecular flexibility index (Phi) is 17.8. The lowest BCUT2D eigenvalue weighted by atomic mass is 9.91. The molecule has 0 amide bonds. The lowest BCUT2D eigenvalue weighted by molar-refractivity contribution is -0.695. The molecule has 0 bridgehead atoms. The zero-order valence-corrected chi connectivity index (χ0v) is 37.9. The van der Waals surface area contributed by atoms with Crippen molar-refractivity contribution < 1.29 is 109 Å². The van der Waals surface area contributed by atoms with E-state index in [0.29, 0.717) is 0 Å². The van der Waals surface area contributed by atoms with Gasteiger partial charge < -0.3 is 112 Å². The molecular formula is C44H63N6O19+3. The van der Waals surface area contributed by atoms with Gasteiger partial charge >= 0.3 is 17.9 Å². The van der Waals surface area contributed by atoms with E-state index in [4.69, 9.17) is 55.1 Å². The van der Waals surface area contributed by atoms with E-state index in [1.165, 1.54) is 59.9 Å². The quantitative estimate of drug-likeness (QED) is 0.0244. The first-order valence-corrected chi connectivity index (χ1v) is 22.1. The molecule has 0 saturated carbocycles. The van der Waals surface area contributed by atoms with Gasteiger partial charge in [-0.15, -0.1) is 0 Å². The molecule has 3 aromatic carbocycles. The third-order valence-electron chi connectivity index (χ3n) is 12.4. The zero-order valence-electron chi connectivity index (χ0n) is 37.9. The summed E-state index contributed by atoms with van der Waals surface area (Å²) in [6, 6.07) is 8.67. The Bertz CT molecular complexity index is 2240. The smallest absolute Gasteiger partial charge is 0.342 e. The Morgan fingerprint density at radius 1 is 0.478 bits per heavy atom. The van der Waals surface area contributed by atoms with Crippen molar-refractivity contribution in [3.63, 3.8) is 0 Å². The largest absolute Gasteiger partial charge is 0.507 e. The molecular weight excluding hydrogens is 917 g/mol. The van der Waals surface area contributed by atoms with Crippen molar-refractivity contribution >= 4 is 35.0 Å². The molecule has 25 nitrogen and oxygen atoms in total. The summed E-state index contributed by atoms with van der Waals surface area (Å²) in [7, 11) is 4.84. The number of ether oxygens (including phenoxy) is 8. The van der Waals surface area contributed by atoms with Crippen LogP contribution in [-0.2, 0) is 37.9 Å². The molecule has 25 heteroatoms. The van der Waals surface area contributed by atoms with Crippen LogP contribution < -0.4 is 33.2 Å². The average Bonchev–Trinajstić information content (AvgIpc) is 3.32. The highest BCUT2D eigenvalue weighted by molar-refractivity contribution is 5.94. The monoisotopic (exact) mass is 979 g/mol. The number of likely N-dealkylation sites (N-methyl/N-ethyl adjacent to an activating group) is 3. The SMILES string of the molecule is C[NH2+]C1C(O)OC(COC(=O)c2cc(N)ccc2O)C(OCC2OC(COC(=O)c3cc(N)ccc3O)C(OCC3OC(COC(=O)c4cc(N)ccc4O)C(O)C(O)C3[NH2+]C)C(O)C2[NH2+]C)C1O. The number of rotatable bonds is 18. The van der Waals surface area contributed by atoms with Gasteiger partial charge in [-0.2, -0.15) is 0 Å². The van der Waals surface area contributed by atoms with Gasteiger partial charge in [-0.1, -0.05) is 0 Å². The maximum atomic E-state index is 13.3. The van der Waals surface area contributed by atoms with Crippen molar-refractivity contribution in [2.24, 2.45) is 0 Å². The maximum absolute atomic E-state index is 13.3. The fourth-order valence-electron chi connectivity index (χ4n) is 8.64. The molecule has 69 heavy (non-hydrogen) atoms. The fraction of sp³-hybridized carbons (Fsp3) is 0.523. The molecule has 3 aromatic rings. The molecule has 380 valence electrons. The van der Waals surface area contributed by atoms with Crippen molar-refractivity contribution in [2.75, 3.05) is 71.4 Å². The minimum Gasteiger partial charge on any atom is -0.507 e. The van der Waals surface area contributed by atoms with Gasteiger partial charge in [-0.25, -0.2) is 14.4 Å². The predicted octanol–water partition coefficient (Wildman–Crippen LogP) is -6.43. The van der Waals surface area contributed by atoms with Gasteiger partial charge in [-0.05, 0) is 54.6 Å². The van der Waals surface area contributed by atoms with E-state index >= 15 is 0 Å². The van der Waals surface area contributed by atoms with Crippen molar-refractivity contribution in [1.29, 1.82) is 0 Å². The predicted molar refractivity (Wildman–Crippen MR) is 235 cm³/mol. The second kappa shape index (κ2) is 23.3. The second-order valence-electron chi connectivity index (χ2n) is 16.9. The van der Waals surface area contributed by atoms with Crippen LogP contribution in [0.1, 0.15) is 31.1 Å². The Hall–Kier alpha value is -5.65. The number of anilines is 3. The first-order chi connectivity index (χ1) is 32.9. The first kappa shape index (κ1) is 52.7. The number of benzene rings is 3. The number of hydrogen-bond acceptors (Lipinski definition) is 22. The molecule has 3 aliphatic heterocycles. The van der Waals surface area contributed by atoms with Crippen LogP contribution in [0.4, 0.5) is 17.1 Å². The highest BCUT2D eigenvalue weighted by atomic mass is 16.7. The number of aromatic hydroxyl groups is 3. The molecule has 0 radical (unpaired) electrons. The third-order valence-corrected chi connectivity index (χ3v) is 12.4. The van der Waals surface area contributed by atoms with Crippen LogP contribution >= 0.6 is 0 Å². The summed E-state index contributed by atoms with van der Waals surface area (Å²) in [6.07, 6.45) is -16.0. The van der Waals surface area contributed by atoms with Gasteiger partial charge in [0.05, 0.1) is 34.4 Å². The van der Waals surface area contributed by atoms with Gasteiger partial charge in [0, 0.05) is 17.1 Å². The molecule has 20 N–H and O–H groups in total. The van der Waals surface area contributed by atoms with E-state index < -0.39 is 147 Å². The number of phenols is 3. The van der Waals surface area contributed by atoms with Gasteiger partial charge in [0.15, 0.2) is 6.04 Å². The van der Waals surface area contributed by atoms with Gasteiger partial charge in [0.1, 0.15) is 133 Å². The topological polar surface area (TPSA) is 415 Å². The molecule has 3 saturated heterocycles. The van der Waals surface area contributed by atoms with Crippen LogP contribution in [0, 0.1) is 0 Å². The molecule has 3 fully saturated rings. The number of carbonyl (C=O) groups excluding carboxylic acids is 3. The number of hydrogen-bond donors (Lipinski definition) is 14. The van der Waals surface area contributed by atoms with Crippen LogP contribution in [0.3, 0.4) is 0 Å². The molecule has 0 spiro atoms. The van der Waals surface area contributed by atoms with E-state index in [9.17, 15) is 55.2 Å². The Labute approximate surface area is 394 Å². The van der Waals surface area contributed by atoms with E-state index in [1.807, 2.05) is 0 Å². The summed E-state index contributed by atoms with van der Waals surface area (Å²) < 4.78 is 47.3. The van der Waals surface area contributed by atoms with E-state index in [0.717, 1.165) is 0 Å². The van der Waals surface area contributed by atoms with E-state index in [2.05, 4.69) is 0 Å². The van der Waals surface area contributed by atoms with Crippen molar-refractivity contribution in [3.05, 3.63) is 71.3 Å². The number of aliphatic hydroxyl groups is 5. The normalized spacial score (nSPS) is 31.4. The average molecular weight is 980 g/mol. The molecule has 3 heterocycles. The fourth-order valence-corrected chi connectivity index (χ4v) is 8.64. The number of aliphatic hydroxyl groups excluding tert-OH is 5. The van der Waals surface area contributed by atoms with Crippen LogP contribution in [0.15, 0.2) is 54.6 Å². The summed E-state index contributed by atoms with van der Waals surface area (Å²) in [5, 5.41) is 92.0. The standard InChI is InChI=1S/C44H60N6O19/c1-48-32-27(67-29(35(54)36(32)55)15-64-41(58)21-10-18(45)4-7-24(21)51)13-62-39-30(16-65-42(59)22-11-19(46)5-8-25(22)52)68-28(33(49-2)37(39)56)14-63-40-31(69-44(61)34(50-3)38(40)57)17-66-43(60)23-12-20(47)6-9-26(23)53/h4-12,27-40,44,48-57,61H,13-17,45-47H2,1-3H3/p+3. The number of quaternary nitrogens is 3. The number of nitrogen functional groups attached to an aromatic ring is 3. The van der Waals surface area contributed by atoms with Crippen molar-refractivity contribution in [1.82, 2.24) is 0 Å². The van der Waals surface area contributed by atoms with Crippen molar-refractivity contribution in [2.45, 2.75) is 91.6 Å². The summed E-state index contributed by atoms with van der Waals surface area (Å²) >= 11 is 0. The Morgan fingerprint density at radius 2 is 0.826 bits per heavy atom. The van der Waals surface area contributed by atoms with Crippen molar-refractivity contribution in [3.8, 4) is 17.2 Å². The van der Waals surface area contributed by atoms with E-state index in [-0.39, 0.29) is 47.0 Å². The van der Waals surface area contributed by atoms with Crippen LogP contribution in [0.25, 0.3) is 0 Å². The van der Waals surface area contributed by atoms with E-state index in [1.54, 1.807) is 31.8 Å². The number of carbonyl (C=O) groups is 3. The highest BCUT2D eigenvalue weighted by Gasteiger charge is 2.53. The highest BCUT2D eigenvalue weighted by Crippen LogP contribution is 2.30. The van der Waals surface area contributed by atoms with Gasteiger partial charge in [0.25, 0.3) is 0 Å². The molecule has 0 aliphatic carbocycles. The first-order valence-electron chi connectivity index (χ1n) is 22.1. The summed E-state index contributed by atoms with van der Waals surface area (Å²) in [6.45, 7) is -2.47. The molecule has 0 aromatic heterocycles. The zero-order chi connectivity index (χ0) is 50.3. The minimum atomic E-state index is -1.55. The van der Waals surface area contributed by atoms with Gasteiger partial charge in [0.2, 0.25) is 6.29 Å². The maximum Gasteiger partial charge on any atom is 0.342 e. The Balaban J connectivity index is 1.20. The summed E-state index contributed by atoms with van der Waals surface area (Å²) in [4.78, 5) is 39.2. The summed E-state index contributed by atoms with van der Waals surface area (Å²) in [5.74, 6) is -4.18. The lowest BCUT2D eigenvalue weighted by Gasteiger charge is -2.45. The van der Waals surface area contributed by atoms with Crippen LogP contribution in [-0.4, -0.2) is 204 Å². The molecule has 6 rings (SSSR count). The van der Waals surface area contributed by atoms with Crippen LogP contribution in [0.5, 0.6) is 17.2 Å². The van der Waals surface area contributed by atoms with Crippen LogP contribution in [0.2, 0.25) is 0 Å². The minimum absolute atomic E-state index is 0.155. The number of phenolic OH excluding ortho intramolecular Hbond substituents is 3. The molecule has 15 unspecified atom stereocenters. The number of nitrogens with two attached hydrogens (primary N) is 6. The lowest BCUT2D eigenvalue weighted by Crippen LogP contribution is -2.95. The molecule has 3 aliphatic rings. The van der Waals surface area contributed by atoms with Gasteiger partial charge in [-0.3, -0.25) is 0 Å². The third kappa shape index (κ3) is 12.2. The second-order valence-corrected chi connectivity index (χ2v) is 16.9. The molecule has 15 atom stereocenters. The number of esters is 3.